The van der Waals surface area contributed by atoms with E-state index >= 15 is 0 Å². The summed E-state index contributed by atoms with van der Waals surface area (Å²) in [5.74, 6) is -0.623. The van der Waals surface area contributed by atoms with Crippen LogP contribution in [-0.2, 0) is 29.0 Å². The number of carbonyl (C=O) groups is 3. The molecule has 3 rings (SSSR count). The number of fused-ring (bicyclic) bond motifs is 1. The van der Waals surface area contributed by atoms with E-state index in [2.05, 4.69) is 20.6 Å². The highest BCUT2D eigenvalue weighted by Crippen LogP contribution is 2.29. The van der Waals surface area contributed by atoms with Crippen LogP contribution >= 0.6 is 11.3 Å². The van der Waals surface area contributed by atoms with Crippen LogP contribution in [0.15, 0.2) is 6.20 Å². The van der Waals surface area contributed by atoms with Crippen molar-refractivity contribution in [1.82, 2.24) is 29.8 Å². The van der Waals surface area contributed by atoms with E-state index in [9.17, 15) is 14.4 Å². The number of thiazole rings is 1. The second-order valence-electron chi connectivity index (χ2n) is 8.08. The molecule has 1 N–H and O–H groups in total. The van der Waals surface area contributed by atoms with E-state index < -0.39 is 11.5 Å². The molecule has 3 heterocycles. The number of nitrogens with one attached hydrogen (secondary N) is 1. The summed E-state index contributed by atoms with van der Waals surface area (Å²) >= 11 is 1.31. The number of hydrogen-bond donors (Lipinski definition) is 1. The van der Waals surface area contributed by atoms with Crippen LogP contribution in [0.25, 0.3) is 0 Å². The summed E-state index contributed by atoms with van der Waals surface area (Å²) in [6, 6.07) is 0. The molecule has 0 aliphatic carbocycles. The number of hydrogen-bond acceptors (Lipinski definition) is 8. The zero-order valence-electron chi connectivity index (χ0n) is 17.6. The summed E-state index contributed by atoms with van der Waals surface area (Å²) in [4.78, 5) is 44.9. The first-order chi connectivity index (χ1) is 14.0. The molecule has 0 unspecified atom stereocenters. The van der Waals surface area contributed by atoms with Gasteiger partial charge in [-0.15, -0.1) is 5.10 Å². The van der Waals surface area contributed by atoms with Crippen molar-refractivity contribution in [1.29, 1.82) is 0 Å². The summed E-state index contributed by atoms with van der Waals surface area (Å²) in [5.41, 5.74) is 0.388. The zero-order chi connectivity index (χ0) is 22.1. The van der Waals surface area contributed by atoms with Crippen LogP contribution in [0.5, 0.6) is 0 Å². The predicted octanol–water partition coefficient (Wildman–Crippen LogP) is 1.37. The van der Waals surface area contributed by atoms with Gasteiger partial charge in [0.1, 0.15) is 12.1 Å². The van der Waals surface area contributed by atoms with E-state index in [-0.39, 0.29) is 24.2 Å². The molecule has 1 aliphatic heterocycles. The van der Waals surface area contributed by atoms with E-state index in [0.717, 1.165) is 10.6 Å². The van der Waals surface area contributed by atoms with Gasteiger partial charge >= 0.3 is 6.09 Å². The number of likely N-dealkylation sites (N-methyl/N-ethyl adjacent to an activating group) is 1. The van der Waals surface area contributed by atoms with Gasteiger partial charge in [-0.3, -0.25) is 14.9 Å². The molecule has 0 radical (unpaired) electrons. The van der Waals surface area contributed by atoms with Crippen molar-refractivity contribution >= 4 is 34.4 Å². The largest absolute Gasteiger partial charge is 0.444 e. The molecular weight excluding hydrogens is 410 g/mol. The predicted molar refractivity (Wildman–Crippen MR) is 109 cm³/mol. The molecule has 30 heavy (non-hydrogen) atoms. The molecule has 0 spiro atoms. The molecule has 1 aliphatic rings. The maximum atomic E-state index is 12.4. The maximum absolute atomic E-state index is 12.4. The zero-order valence-corrected chi connectivity index (χ0v) is 18.4. The molecule has 162 valence electrons. The lowest BCUT2D eigenvalue weighted by Gasteiger charge is -2.29. The molecule has 0 atom stereocenters. The first-order valence-corrected chi connectivity index (χ1v) is 10.2. The first-order valence-electron chi connectivity index (χ1n) is 9.40. The highest BCUT2D eigenvalue weighted by molar-refractivity contribution is 7.15. The Labute approximate surface area is 178 Å². The Hall–Kier alpha value is -3.02. The standard InChI is InChI=1S/C18H25N7O4S/c1-18(2,3)29-17(28)24-7-6-11-13(9-24)30-16(19-11)20-15(27)12-8-25(22-21-12)10-14(26)23(4)5/h8H,6-7,9-10H2,1-5H3,(H,19,20,27). The SMILES string of the molecule is CN(C)C(=O)Cn1cc(C(=O)Nc2nc3c(s2)CN(C(=O)OC(C)(C)C)CC3)nn1. The van der Waals surface area contributed by atoms with E-state index in [0.29, 0.717) is 24.6 Å². The van der Waals surface area contributed by atoms with Gasteiger partial charge in [0.05, 0.1) is 18.4 Å². The van der Waals surface area contributed by atoms with E-state index in [1.165, 1.54) is 27.1 Å². The number of anilines is 1. The fourth-order valence-corrected chi connectivity index (χ4v) is 3.67. The molecule has 0 aromatic carbocycles. The Balaban J connectivity index is 1.62. The quantitative estimate of drug-likeness (QED) is 0.769. The lowest BCUT2D eigenvalue weighted by atomic mass is 10.2. The highest BCUT2D eigenvalue weighted by Gasteiger charge is 2.28. The minimum absolute atomic E-state index is 0.000666. The average Bonchev–Trinajstić information content (AvgIpc) is 3.25. The van der Waals surface area contributed by atoms with Crippen LogP contribution in [0.2, 0.25) is 0 Å². The van der Waals surface area contributed by atoms with Gasteiger partial charge in [0.15, 0.2) is 10.8 Å². The highest BCUT2D eigenvalue weighted by atomic mass is 32.1. The molecular formula is C18H25N7O4S. The number of amides is 3. The summed E-state index contributed by atoms with van der Waals surface area (Å²) in [6.45, 7) is 6.38. The Morgan fingerprint density at radius 1 is 1.30 bits per heavy atom. The molecule has 2 aromatic heterocycles. The average molecular weight is 436 g/mol. The summed E-state index contributed by atoms with van der Waals surface area (Å²) in [5, 5.41) is 10.8. The van der Waals surface area contributed by atoms with Gasteiger partial charge in [-0.2, -0.15) is 0 Å². The van der Waals surface area contributed by atoms with Gasteiger partial charge in [-0.25, -0.2) is 14.5 Å². The van der Waals surface area contributed by atoms with Crippen LogP contribution in [0.3, 0.4) is 0 Å². The minimum Gasteiger partial charge on any atom is -0.444 e. The van der Waals surface area contributed by atoms with Gasteiger partial charge < -0.3 is 14.5 Å². The van der Waals surface area contributed by atoms with Crippen LogP contribution in [0, 0.1) is 0 Å². The maximum Gasteiger partial charge on any atom is 0.410 e. The number of nitrogens with zero attached hydrogens (tertiary/aromatic N) is 6. The van der Waals surface area contributed by atoms with Gasteiger partial charge in [0.2, 0.25) is 5.91 Å². The summed E-state index contributed by atoms with van der Waals surface area (Å²) in [7, 11) is 3.28. The molecule has 0 bridgehead atoms. The van der Waals surface area contributed by atoms with Crippen LogP contribution in [0.1, 0.15) is 41.8 Å². The normalized spacial score (nSPS) is 13.6. The minimum atomic E-state index is -0.557. The first kappa shape index (κ1) is 21.7. The third-order valence-electron chi connectivity index (χ3n) is 4.17. The smallest absolute Gasteiger partial charge is 0.410 e. The van der Waals surface area contributed by atoms with Crippen molar-refractivity contribution < 1.29 is 19.1 Å². The number of ether oxygens (including phenoxy) is 1. The lowest BCUT2D eigenvalue weighted by Crippen LogP contribution is -2.39. The summed E-state index contributed by atoms with van der Waals surface area (Å²) in [6.07, 6.45) is 1.63. The van der Waals surface area contributed by atoms with Crippen LogP contribution in [0.4, 0.5) is 9.93 Å². The van der Waals surface area contributed by atoms with Crippen molar-refractivity contribution in [2.24, 2.45) is 0 Å². The molecule has 3 amide bonds. The molecule has 0 saturated carbocycles. The second kappa shape index (κ2) is 8.38. The number of carbonyl (C=O) groups excluding carboxylic acids is 3. The Morgan fingerprint density at radius 2 is 2.03 bits per heavy atom. The van der Waals surface area contributed by atoms with Gasteiger partial charge in [0, 0.05) is 31.9 Å². The second-order valence-corrected chi connectivity index (χ2v) is 9.17. The fourth-order valence-electron chi connectivity index (χ4n) is 2.65. The van der Waals surface area contributed by atoms with Crippen LogP contribution < -0.4 is 5.32 Å². The molecule has 11 nitrogen and oxygen atoms in total. The fraction of sp³-hybridized carbons (Fsp3) is 0.556. The van der Waals surface area contributed by atoms with Gasteiger partial charge in [-0.1, -0.05) is 16.6 Å². The molecule has 0 fully saturated rings. The number of aromatic nitrogens is 4. The third kappa shape index (κ3) is 5.32. The van der Waals surface area contributed by atoms with Crippen molar-refractivity contribution in [3.63, 3.8) is 0 Å². The van der Waals surface area contributed by atoms with Gasteiger partial charge in [0.25, 0.3) is 5.91 Å². The van der Waals surface area contributed by atoms with Crippen molar-refractivity contribution in [2.75, 3.05) is 26.0 Å². The van der Waals surface area contributed by atoms with Gasteiger partial charge in [-0.05, 0) is 20.8 Å². The Kier molecular flexibility index (Phi) is 6.06. The van der Waals surface area contributed by atoms with Crippen molar-refractivity contribution in [2.45, 2.75) is 45.9 Å². The Bertz CT molecular complexity index is 960. The lowest BCUT2D eigenvalue weighted by molar-refractivity contribution is -0.129. The van der Waals surface area contributed by atoms with Crippen LogP contribution in [-0.4, -0.2) is 73.9 Å². The molecule has 12 heteroatoms. The van der Waals surface area contributed by atoms with E-state index in [1.54, 1.807) is 19.0 Å². The van der Waals surface area contributed by atoms with Crippen molar-refractivity contribution in [3.8, 4) is 0 Å². The number of rotatable bonds is 4. The topological polar surface area (TPSA) is 123 Å². The van der Waals surface area contributed by atoms with E-state index in [4.69, 9.17) is 4.74 Å². The monoisotopic (exact) mass is 435 g/mol. The van der Waals surface area contributed by atoms with Crippen molar-refractivity contribution in [3.05, 3.63) is 22.5 Å². The molecule has 2 aromatic rings. The van der Waals surface area contributed by atoms with E-state index in [1.807, 2.05) is 20.8 Å². The Morgan fingerprint density at radius 3 is 2.70 bits per heavy atom. The molecule has 0 saturated heterocycles. The summed E-state index contributed by atoms with van der Waals surface area (Å²) < 4.78 is 6.73. The third-order valence-corrected chi connectivity index (χ3v) is 5.17.